The van der Waals surface area contributed by atoms with Gasteiger partial charge in [-0.15, -0.1) is 0 Å². The largest absolute Gasteiger partial charge is 0.476 e. The third kappa shape index (κ3) is 2.90. The van der Waals surface area contributed by atoms with Crippen LogP contribution in [0.1, 0.15) is 31.3 Å². The molecule has 1 rings (SSSR count). The van der Waals surface area contributed by atoms with Crippen molar-refractivity contribution >= 4 is 11.8 Å². The number of hydrogen-bond acceptors (Lipinski definition) is 5. The molecule has 0 aromatic carbocycles. The fourth-order valence-corrected chi connectivity index (χ4v) is 0.938. The van der Waals surface area contributed by atoms with Crippen LogP contribution in [0.15, 0.2) is 12.4 Å². The maximum atomic E-state index is 10.5. The van der Waals surface area contributed by atoms with Crippen LogP contribution in [0.25, 0.3) is 0 Å². The maximum absolute atomic E-state index is 10.5. The molecule has 88 valence electrons. The third-order valence-electron chi connectivity index (χ3n) is 2.37. The molecule has 0 fully saturated rings. The van der Waals surface area contributed by atoms with Gasteiger partial charge in [-0.3, -0.25) is 0 Å². The molecule has 1 unspecified atom stereocenters. The van der Waals surface area contributed by atoms with Gasteiger partial charge < -0.3 is 15.5 Å². The quantitative estimate of drug-likeness (QED) is 0.699. The number of anilines is 1. The fraction of sp³-hybridized carbons (Fsp3) is 0.500. The lowest BCUT2D eigenvalue weighted by Gasteiger charge is -2.29. The standard InChI is InChI=1S/C10H15N3O3/c1-6(14)10(2,3)13-8-5-11-7(4-12-8)9(15)16/h4-6,14H,1-3H3,(H,12,13)(H,15,16). The lowest BCUT2D eigenvalue weighted by atomic mass is 9.99. The van der Waals surface area contributed by atoms with Gasteiger partial charge in [0.2, 0.25) is 0 Å². The number of aliphatic hydroxyl groups excluding tert-OH is 1. The minimum atomic E-state index is -1.12. The summed E-state index contributed by atoms with van der Waals surface area (Å²) in [7, 11) is 0. The van der Waals surface area contributed by atoms with E-state index in [1.807, 2.05) is 13.8 Å². The Morgan fingerprint density at radius 2 is 2.06 bits per heavy atom. The summed E-state index contributed by atoms with van der Waals surface area (Å²) in [4.78, 5) is 18.2. The van der Waals surface area contributed by atoms with Crippen LogP contribution in [-0.4, -0.2) is 37.8 Å². The molecule has 0 bridgehead atoms. The molecule has 0 radical (unpaired) electrons. The van der Waals surface area contributed by atoms with Crippen molar-refractivity contribution in [1.29, 1.82) is 0 Å². The SMILES string of the molecule is CC(O)C(C)(C)Nc1cnc(C(=O)O)cn1. The van der Waals surface area contributed by atoms with Crippen molar-refractivity contribution in [3.63, 3.8) is 0 Å². The van der Waals surface area contributed by atoms with E-state index in [4.69, 9.17) is 5.11 Å². The Balaban J connectivity index is 2.80. The zero-order chi connectivity index (χ0) is 12.3. The average molecular weight is 225 g/mol. The van der Waals surface area contributed by atoms with Crippen LogP contribution in [0, 0.1) is 0 Å². The Morgan fingerprint density at radius 3 is 2.44 bits per heavy atom. The van der Waals surface area contributed by atoms with Crippen LogP contribution < -0.4 is 5.32 Å². The summed E-state index contributed by atoms with van der Waals surface area (Å²) in [6, 6.07) is 0. The first kappa shape index (κ1) is 12.4. The van der Waals surface area contributed by atoms with E-state index in [0.717, 1.165) is 0 Å². The summed E-state index contributed by atoms with van der Waals surface area (Å²) < 4.78 is 0. The summed E-state index contributed by atoms with van der Waals surface area (Å²) in [6.07, 6.45) is 1.92. The lowest BCUT2D eigenvalue weighted by Crippen LogP contribution is -2.42. The van der Waals surface area contributed by atoms with E-state index in [-0.39, 0.29) is 5.69 Å². The number of hydrogen-bond donors (Lipinski definition) is 3. The van der Waals surface area contributed by atoms with Crippen LogP contribution in [0.3, 0.4) is 0 Å². The molecule has 0 aliphatic carbocycles. The van der Waals surface area contributed by atoms with Crippen molar-refractivity contribution in [2.24, 2.45) is 0 Å². The van der Waals surface area contributed by atoms with Crippen LogP contribution in [0.2, 0.25) is 0 Å². The van der Waals surface area contributed by atoms with Crippen LogP contribution in [0.5, 0.6) is 0 Å². The van der Waals surface area contributed by atoms with E-state index in [1.54, 1.807) is 6.92 Å². The molecular formula is C10H15N3O3. The van der Waals surface area contributed by atoms with Gasteiger partial charge in [0.15, 0.2) is 5.69 Å². The molecule has 1 aromatic rings. The second kappa shape index (κ2) is 4.44. The number of carbonyl (C=O) groups is 1. The van der Waals surface area contributed by atoms with Gasteiger partial charge >= 0.3 is 5.97 Å². The molecule has 1 heterocycles. The Morgan fingerprint density at radius 1 is 1.44 bits per heavy atom. The fourth-order valence-electron chi connectivity index (χ4n) is 0.938. The third-order valence-corrected chi connectivity index (χ3v) is 2.37. The number of carboxylic acid groups (broad SMARTS) is 1. The first-order valence-electron chi connectivity index (χ1n) is 4.84. The van der Waals surface area contributed by atoms with Crippen LogP contribution in [0.4, 0.5) is 5.82 Å². The van der Waals surface area contributed by atoms with Gasteiger partial charge in [0, 0.05) is 0 Å². The van der Waals surface area contributed by atoms with Crippen molar-refractivity contribution in [2.75, 3.05) is 5.32 Å². The molecule has 0 amide bonds. The average Bonchev–Trinajstić information content (AvgIpc) is 2.17. The van der Waals surface area contributed by atoms with Gasteiger partial charge in [0.25, 0.3) is 0 Å². The van der Waals surface area contributed by atoms with Gasteiger partial charge in [0.05, 0.1) is 24.0 Å². The molecule has 16 heavy (non-hydrogen) atoms. The number of carboxylic acids is 1. The summed E-state index contributed by atoms with van der Waals surface area (Å²) in [6.45, 7) is 5.28. The Labute approximate surface area is 93.4 Å². The van der Waals surface area contributed by atoms with E-state index in [9.17, 15) is 9.90 Å². The minimum absolute atomic E-state index is 0.111. The van der Waals surface area contributed by atoms with E-state index in [1.165, 1.54) is 12.4 Å². The number of aliphatic hydroxyl groups is 1. The molecule has 0 spiro atoms. The van der Waals surface area contributed by atoms with Crippen LogP contribution >= 0.6 is 0 Å². The highest BCUT2D eigenvalue weighted by atomic mass is 16.4. The highest BCUT2D eigenvalue weighted by Gasteiger charge is 2.24. The van der Waals surface area contributed by atoms with Crippen molar-refractivity contribution < 1.29 is 15.0 Å². The predicted octanol–water partition coefficient (Wildman–Crippen LogP) is 0.746. The summed E-state index contributed by atoms with van der Waals surface area (Å²) >= 11 is 0. The zero-order valence-corrected chi connectivity index (χ0v) is 9.43. The predicted molar refractivity (Wildman–Crippen MR) is 58.4 cm³/mol. The molecule has 3 N–H and O–H groups in total. The van der Waals surface area contributed by atoms with Crippen molar-refractivity contribution in [1.82, 2.24) is 9.97 Å². The number of nitrogens with one attached hydrogen (secondary N) is 1. The smallest absolute Gasteiger partial charge is 0.356 e. The van der Waals surface area contributed by atoms with Crippen molar-refractivity contribution in [2.45, 2.75) is 32.4 Å². The molecular weight excluding hydrogens is 210 g/mol. The number of aromatic carboxylic acids is 1. The second-order valence-electron chi connectivity index (χ2n) is 4.11. The van der Waals surface area contributed by atoms with E-state index in [0.29, 0.717) is 5.82 Å². The van der Waals surface area contributed by atoms with Crippen molar-refractivity contribution in [3.05, 3.63) is 18.1 Å². The monoisotopic (exact) mass is 225 g/mol. The Bertz CT molecular complexity index is 373. The second-order valence-corrected chi connectivity index (χ2v) is 4.11. The van der Waals surface area contributed by atoms with Gasteiger partial charge in [-0.1, -0.05) is 0 Å². The highest BCUT2D eigenvalue weighted by Crippen LogP contribution is 2.15. The molecule has 0 aliphatic heterocycles. The molecule has 6 nitrogen and oxygen atoms in total. The summed E-state index contributed by atoms with van der Waals surface area (Å²) in [5.74, 6) is -0.690. The van der Waals surface area contributed by atoms with Crippen LogP contribution in [-0.2, 0) is 0 Å². The molecule has 0 aliphatic rings. The molecule has 1 aromatic heterocycles. The molecule has 0 saturated heterocycles. The Kier molecular flexibility index (Phi) is 3.44. The first-order chi connectivity index (χ1) is 7.33. The number of aromatic nitrogens is 2. The van der Waals surface area contributed by atoms with E-state index < -0.39 is 17.6 Å². The van der Waals surface area contributed by atoms with Gasteiger partial charge in [-0.25, -0.2) is 14.8 Å². The van der Waals surface area contributed by atoms with E-state index >= 15 is 0 Å². The highest BCUT2D eigenvalue weighted by molar-refractivity contribution is 5.84. The molecule has 1 atom stereocenters. The normalized spacial score (nSPS) is 13.2. The first-order valence-corrected chi connectivity index (χ1v) is 4.84. The minimum Gasteiger partial charge on any atom is -0.476 e. The van der Waals surface area contributed by atoms with Gasteiger partial charge in [-0.2, -0.15) is 0 Å². The number of rotatable bonds is 4. The molecule has 6 heteroatoms. The van der Waals surface area contributed by atoms with E-state index in [2.05, 4.69) is 15.3 Å². The maximum Gasteiger partial charge on any atom is 0.356 e. The summed E-state index contributed by atoms with van der Waals surface area (Å²) in [5, 5.41) is 21.1. The van der Waals surface area contributed by atoms with Gasteiger partial charge in [0.1, 0.15) is 5.82 Å². The lowest BCUT2D eigenvalue weighted by molar-refractivity contribution is 0.0690. The Hall–Kier alpha value is -1.69. The summed E-state index contributed by atoms with van der Waals surface area (Å²) in [5.41, 5.74) is -0.667. The van der Waals surface area contributed by atoms with Crippen molar-refractivity contribution in [3.8, 4) is 0 Å². The van der Waals surface area contributed by atoms with Gasteiger partial charge in [-0.05, 0) is 20.8 Å². The topological polar surface area (TPSA) is 95.3 Å². The molecule has 0 saturated carbocycles. The number of nitrogens with zero attached hydrogens (tertiary/aromatic N) is 2. The zero-order valence-electron chi connectivity index (χ0n) is 9.43.